The number of ether oxygens (including phenoxy) is 1. The molecule has 0 saturated heterocycles. The van der Waals surface area contributed by atoms with Gasteiger partial charge in [-0.1, -0.05) is 35.5 Å². The van der Waals surface area contributed by atoms with Crippen molar-refractivity contribution < 1.29 is 14.1 Å². The van der Waals surface area contributed by atoms with Crippen LogP contribution in [0.4, 0.5) is 0 Å². The van der Waals surface area contributed by atoms with Gasteiger partial charge in [0.1, 0.15) is 4.88 Å². The van der Waals surface area contributed by atoms with E-state index in [1.54, 1.807) is 0 Å². The smallest absolute Gasteiger partial charge is 0.348 e. The molecule has 0 unspecified atom stereocenters. The molecule has 1 aliphatic rings. The van der Waals surface area contributed by atoms with Gasteiger partial charge in [-0.15, -0.1) is 11.3 Å². The Morgan fingerprint density at radius 2 is 2.04 bits per heavy atom. The number of hydrogen-bond acceptors (Lipinski definition) is 6. The summed E-state index contributed by atoms with van der Waals surface area (Å²) >= 11 is 1.54. The summed E-state index contributed by atoms with van der Waals surface area (Å²) in [6, 6.07) is 11.5. The van der Waals surface area contributed by atoms with Gasteiger partial charge in [0.25, 0.3) is 5.89 Å². The minimum Gasteiger partial charge on any atom is -0.451 e. The third-order valence-corrected chi connectivity index (χ3v) is 5.24. The maximum Gasteiger partial charge on any atom is 0.348 e. The van der Waals surface area contributed by atoms with Gasteiger partial charge < -0.3 is 9.26 Å². The largest absolute Gasteiger partial charge is 0.451 e. The molecule has 0 N–H and O–H groups in total. The van der Waals surface area contributed by atoms with Gasteiger partial charge in [0.05, 0.1) is 0 Å². The van der Waals surface area contributed by atoms with Crippen LogP contribution in [-0.4, -0.2) is 16.1 Å². The van der Waals surface area contributed by atoms with E-state index in [-0.39, 0.29) is 12.6 Å². The van der Waals surface area contributed by atoms with E-state index in [1.807, 2.05) is 36.4 Å². The van der Waals surface area contributed by atoms with E-state index >= 15 is 0 Å². The molecule has 4 rings (SSSR count). The van der Waals surface area contributed by atoms with Gasteiger partial charge in [0.2, 0.25) is 5.82 Å². The van der Waals surface area contributed by atoms with Crippen LogP contribution in [0.1, 0.15) is 38.8 Å². The molecule has 0 amide bonds. The van der Waals surface area contributed by atoms with E-state index in [4.69, 9.17) is 9.26 Å². The van der Waals surface area contributed by atoms with Gasteiger partial charge in [0.15, 0.2) is 6.61 Å². The molecule has 0 fully saturated rings. The van der Waals surface area contributed by atoms with E-state index in [9.17, 15) is 4.79 Å². The number of thiophene rings is 1. The number of fused-ring (bicyclic) bond motifs is 1. The van der Waals surface area contributed by atoms with Crippen LogP contribution in [0.5, 0.6) is 0 Å². The number of esters is 1. The maximum atomic E-state index is 12.2. The monoisotopic (exact) mass is 340 g/mol. The Morgan fingerprint density at radius 3 is 2.88 bits per heavy atom. The summed E-state index contributed by atoms with van der Waals surface area (Å²) < 4.78 is 10.5. The van der Waals surface area contributed by atoms with Crippen molar-refractivity contribution in [3.05, 3.63) is 57.6 Å². The molecule has 1 aliphatic carbocycles. The van der Waals surface area contributed by atoms with Crippen molar-refractivity contribution in [2.24, 2.45) is 0 Å². The molecule has 2 heterocycles. The van der Waals surface area contributed by atoms with Crippen LogP contribution in [0.2, 0.25) is 0 Å². The highest BCUT2D eigenvalue weighted by Gasteiger charge is 2.19. The topological polar surface area (TPSA) is 65.2 Å². The second-order valence-electron chi connectivity index (χ2n) is 5.72. The highest BCUT2D eigenvalue weighted by molar-refractivity contribution is 7.14. The molecule has 0 radical (unpaired) electrons. The van der Waals surface area contributed by atoms with E-state index in [0.29, 0.717) is 16.6 Å². The fraction of sp³-hybridized carbons (Fsp3) is 0.278. The van der Waals surface area contributed by atoms with Crippen LogP contribution < -0.4 is 0 Å². The Balaban J connectivity index is 1.41. The van der Waals surface area contributed by atoms with Crippen molar-refractivity contribution in [2.45, 2.75) is 32.3 Å². The lowest BCUT2D eigenvalue weighted by Crippen LogP contribution is -2.03. The van der Waals surface area contributed by atoms with E-state index < -0.39 is 0 Å². The van der Waals surface area contributed by atoms with Gasteiger partial charge in [-0.3, -0.25) is 0 Å². The minimum absolute atomic E-state index is 0.0127. The highest BCUT2D eigenvalue weighted by Crippen LogP contribution is 2.30. The maximum absolute atomic E-state index is 12.2. The van der Waals surface area contributed by atoms with Crippen molar-refractivity contribution in [3.8, 4) is 11.4 Å². The third kappa shape index (κ3) is 3.10. The van der Waals surface area contributed by atoms with E-state index in [1.165, 1.54) is 34.6 Å². The van der Waals surface area contributed by atoms with Gasteiger partial charge in [-0.25, -0.2) is 4.79 Å². The zero-order valence-corrected chi connectivity index (χ0v) is 13.8. The molecule has 0 atom stereocenters. The summed E-state index contributed by atoms with van der Waals surface area (Å²) in [6.45, 7) is -0.0127. The Labute approximate surface area is 143 Å². The molecular formula is C18H16N2O3S. The SMILES string of the molecule is O=C(OCc1nc(-c2ccccc2)no1)c1cc2c(s1)CCCC2. The predicted octanol–water partition coefficient (Wildman–Crippen LogP) is 4.03. The molecule has 122 valence electrons. The van der Waals surface area contributed by atoms with Gasteiger partial charge in [-0.2, -0.15) is 4.98 Å². The fourth-order valence-electron chi connectivity index (χ4n) is 2.81. The first kappa shape index (κ1) is 15.1. The van der Waals surface area contributed by atoms with Crippen molar-refractivity contribution in [1.29, 1.82) is 0 Å². The van der Waals surface area contributed by atoms with Crippen molar-refractivity contribution in [3.63, 3.8) is 0 Å². The summed E-state index contributed by atoms with van der Waals surface area (Å²) in [5.74, 6) is 0.464. The van der Waals surface area contributed by atoms with Gasteiger partial charge in [0, 0.05) is 10.4 Å². The fourth-order valence-corrected chi connectivity index (χ4v) is 3.96. The minimum atomic E-state index is -0.325. The predicted molar refractivity (Wildman–Crippen MR) is 89.8 cm³/mol. The molecule has 6 heteroatoms. The number of carbonyl (C=O) groups is 1. The highest BCUT2D eigenvalue weighted by atomic mass is 32.1. The molecule has 1 aromatic carbocycles. The lowest BCUT2D eigenvalue weighted by Gasteiger charge is -2.08. The summed E-state index contributed by atoms with van der Waals surface area (Å²) in [7, 11) is 0. The van der Waals surface area contributed by atoms with E-state index in [0.717, 1.165) is 18.4 Å². The van der Waals surface area contributed by atoms with Crippen molar-refractivity contribution >= 4 is 17.3 Å². The summed E-state index contributed by atoms with van der Waals surface area (Å²) in [5, 5.41) is 3.92. The number of hydrogen-bond donors (Lipinski definition) is 0. The second kappa shape index (κ2) is 6.57. The Bertz CT molecular complexity index is 831. The molecule has 24 heavy (non-hydrogen) atoms. The van der Waals surface area contributed by atoms with Crippen LogP contribution in [-0.2, 0) is 24.2 Å². The summed E-state index contributed by atoms with van der Waals surface area (Å²) in [5.41, 5.74) is 2.16. The number of rotatable bonds is 4. The van der Waals surface area contributed by atoms with Crippen molar-refractivity contribution in [2.75, 3.05) is 0 Å². The first-order chi connectivity index (χ1) is 11.8. The molecule has 2 aromatic heterocycles. The number of aryl methyl sites for hydroxylation is 2. The quantitative estimate of drug-likeness (QED) is 0.671. The van der Waals surface area contributed by atoms with Crippen LogP contribution in [0.3, 0.4) is 0 Å². The average Bonchev–Trinajstić information content (AvgIpc) is 3.27. The van der Waals surface area contributed by atoms with Crippen LogP contribution >= 0.6 is 11.3 Å². The van der Waals surface area contributed by atoms with Gasteiger partial charge >= 0.3 is 5.97 Å². The molecular weight excluding hydrogens is 324 g/mol. The molecule has 0 saturated carbocycles. The standard InChI is InChI=1S/C18H16N2O3S/c21-18(15-10-13-8-4-5-9-14(13)24-15)22-11-16-19-17(20-23-16)12-6-2-1-3-7-12/h1-3,6-7,10H,4-5,8-9,11H2. The molecule has 0 aliphatic heterocycles. The van der Waals surface area contributed by atoms with Crippen LogP contribution in [0.25, 0.3) is 11.4 Å². The normalized spacial score (nSPS) is 13.5. The average molecular weight is 340 g/mol. The van der Waals surface area contributed by atoms with Gasteiger partial charge in [-0.05, 0) is 37.3 Å². The second-order valence-corrected chi connectivity index (χ2v) is 6.86. The molecule has 0 bridgehead atoms. The number of nitrogens with zero attached hydrogens (tertiary/aromatic N) is 2. The Kier molecular flexibility index (Phi) is 4.13. The number of carbonyl (C=O) groups excluding carboxylic acids is 1. The number of benzene rings is 1. The Morgan fingerprint density at radius 1 is 1.21 bits per heavy atom. The first-order valence-corrected chi connectivity index (χ1v) is 8.78. The number of aromatic nitrogens is 2. The lowest BCUT2D eigenvalue weighted by atomic mass is 9.99. The summed E-state index contributed by atoms with van der Waals surface area (Å²) in [4.78, 5) is 18.4. The molecule has 3 aromatic rings. The van der Waals surface area contributed by atoms with Crippen LogP contribution in [0, 0.1) is 0 Å². The lowest BCUT2D eigenvalue weighted by molar-refractivity contribution is 0.0435. The van der Waals surface area contributed by atoms with Crippen molar-refractivity contribution in [1.82, 2.24) is 10.1 Å². The Hall–Kier alpha value is -2.47. The third-order valence-electron chi connectivity index (χ3n) is 4.02. The molecule has 0 spiro atoms. The van der Waals surface area contributed by atoms with E-state index in [2.05, 4.69) is 10.1 Å². The zero-order valence-electron chi connectivity index (χ0n) is 13.0. The zero-order chi connectivity index (χ0) is 16.4. The van der Waals surface area contributed by atoms with Crippen LogP contribution in [0.15, 0.2) is 40.9 Å². The first-order valence-electron chi connectivity index (χ1n) is 7.96. The molecule has 5 nitrogen and oxygen atoms in total. The summed E-state index contributed by atoms with van der Waals surface area (Å²) in [6.07, 6.45) is 4.52.